The molecule has 0 bridgehead atoms. The van der Waals surface area contributed by atoms with E-state index in [-0.39, 0.29) is 57.2 Å². The van der Waals surface area contributed by atoms with Crippen LogP contribution in [0.5, 0.6) is 0 Å². The van der Waals surface area contributed by atoms with Crippen molar-refractivity contribution in [3.8, 4) is 6.07 Å². The van der Waals surface area contributed by atoms with Crippen molar-refractivity contribution in [2.24, 2.45) is 62.4 Å². The number of fused-ring (bicyclic) bond motifs is 7. The van der Waals surface area contributed by atoms with Crippen LogP contribution in [0, 0.1) is 68.0 Å². The number of allylic oxidation sites excluding steroid dienone is 4. The maximum absolute atomic E-state index is 14.3. The number of Topliss-reactive ketones (excluding diaryl/α,β-unsaturated/α-hetero) is 1. The number of nitriles is 1. The van der Waals surface area contributed by atoms with Gasteiger partial charge in [0, 0.05) is 11.3 Å². The summed E-state index contributed by atoms with van der Waals surface area (Å²) < 4.78 is 5.23. The molecule has 0 aromatic rings. The van der Waals surface area contributed by atoms with Crippen LogP contribution in [-0.4, -0.2) is 30.6 Å². The summed E-state index contributed by atoms with van der Waals surface area (Å²) in [7, 11) is 1.45. The lowest BCUT2D eigenvalue weighted by molar-refractivity contribution is -0.173. The molecule has 5 aliphatic rings. The smallest absolute Gasteiger partial charge is 0.308 e. The number of nitrogens with zero attached hydrogens (tertiary/aromatic N) is 1. The number of nitrogens with two attached hydrogens (primary N) is 1. The van der Waals surface area contributed by atoms with Crippen molar-refractivity contribution in [1.29, 1.82) is 5.26 Å². The van der Waals surface area contributed by atoms with E-state index in [1.807, 2.05) is 13.0 Å². The van der Waals surface area contributed by atoms with Gasteiger partial charge in [-0.15, -0.1) is 0 Å². The zero-order chi connectivity index (χ0) is 28.9. The summed E-state index contributed by atoms with van der Waals surface area (Å²) in [5.74, 6) is -2.06. The first-order chi connectivity index (χ1) is 18.0. The van der Waals surface area contributed by atoms with Crippen molar-refractivity contribution in [1.82, 2.24) is 0 Å². The first-order valence-corrected chi connectivity index (χ1v) is 14.3. The molecular weight excluding hydrogens is 492 g/mol. The molecule has 1 amide bonds. The average Bonchev–Trinajstić information content (AvgIpc) is 2.85. The largest absolute Gasteiger partial charge is 0.469 e. The second-order valence-electron chi connectivity index (χ2n) is 14.7. The molecule has 7 nitrogen and oxygen atoms in total. The quantitative estimate of drug-likeness (QED) is 0.404. The predicted octanol–water partition coefficient (Wildman–Crippen LogP) is 4.70. The Labute approximate surface area is 231 Å². The van der Waals surface area contributed by atoms with E-state index in [2.05, 4.69) is 27.7 Å². The fourth-order valence-electron chi connectivity index (χ4n) is 10.4. The molecular formula is C32H42N2O5. The monoisotopic (exact) mass is 534 g/mol. The lowest BCUT2D eigenvalue weighted by atomic mass is 9.35. The van der Waals surface area contributed by atoms with Gasteiger partial charge in [0.1, 0.15) is 11.5 Å². The Balaban J connectivity index is 1.68. The van der Waals surface area contributed by atoms with E-state index in [1.165, 1.54) is 7.11 Å². The van der Waals surface area contributed by atoms with Gasteiger partial charge in [0.15, 0.2) is 11.6 Å². The van der Waals surface area contributed by atoms with Crippen molar-refractivity contribution in [3.63, 3.8) is 0 Å². The fraction of sp³-hybridized carbons (Fsp3) is 0.719. The first-order valence-electron chi connectivity index (χ1n) is 14.3. The van der Waals surface area contributed by atoms with Crippen molar-refractivity contribution < 1.29 is 23.9 Å². The average molecular weight is 535 g/mol. The number of esters is 1. The van der Waals surface area contributed by atoms with Gasteiger partial charge in [0.25, 0.3) is 0 Å². The van der Waals surface area contributed by atoms with Crippen LogP contribution in [-0.2, 0) is 23.9 Å². The van der Waals surface area contributed by atoms with Crippen LogP contribution in [0.25, 0.3) is 0 Å². The van der Waals surface area contributed by atoms with Crippen molar-refractivity contribution >= 4 is 23.4 Å². The third-order valence-electron chi connectivity index (χ3n) is 12.4. The summed E-state index contributed by atoms with van der Waals surface area (Å²) in [6.45, 7) is 12.4. The molecule has 0 spiro atoms. The number of methoxy groups -OCH3 is 1. The topological polar surface area (TPSA) is 127 Å². The van der Waals surface area contributed by atoms with E-state index in [1.54, 1.807) is 19.1 Å². The SMILES string of the molecule is COC(=O)[C@@H]1CC(C)(C)C[C@@H]2C1CC[C@]1(C)[C@@H]2C(=O)C=C2[C@@]3(C)C=C(C#N)C(=O)[C@@](C)(C(N)=O)[C@@H]3CC[C@]21C. The summed E-state index contributed by atoms with van der Waals surface area (Å²) in [5.41, 5.74) is 3.51. The third kappa shape index (κ3) is 3.39. The van der Waals surface area contributed by atoms with Gasteiger partial charge in [0.05, 0.1) is 18.6 Å². The van der Waals surface area contributed by atoms with Gasteiger partial charge in [-0.3, -0.25) is 19.2 Å². The number of rotatable bonds is 2. The number of ketones is 2. The van der Waals surface area contributed by atoms with Crippen molar-refractivity contribution in [2.75, 3.05) is 7.11 Å². The molecule has 0 radical (unpaired) electrons. The highest BCUT2D eigenvalue weighted by Crippen LogP contribution is 2.73. The number of hydrogen-bond acceptors (Lipinski definition) is 6. The molecule has 1 unspecified atom stereocenters. The predicted molar refractivity (Wildman–Crippen MR) is 144 cm³/mol. The Kier molecular flexibility index (Phi) is 5.97. The minimum Gasteiger partial charge on any atom is -0.469 e. The zero-order valence-electron chi connectivity index (χ0n) is 24.3. The third-order valence-corrected chi connectivity index (χ3v) is 12.4. The van der Waals surface area contributed by atoms with Crippen LogP contribution in [0.4, 0.5) is 0 Å². The van der Waals surface area contributed by atoms with Gasteiger partial charge in [-0.1, -0.05) is 46.3 Å². The molecule has 7 heteroatoms. The van der Waals surface area contributed by atoms with Crippen LogP contribution in [0.3, 0.4) is 0 Å². The molecule has 0 saturated heterocycles. The molecule has 0 heterocycles. The molecule has 5 rings (SSSR count). The van der Waals surface area contributed by atoms with Crippen LogP contribution in [0.1, 0.15) is 80.1 Å². The molecule has 3 fully saturated rings. The number of hydrogen-bond donors (Lipinski definition) is 1. The maximum atomic E-state index is 14.3. The minimum absolute atomic E-state index is 0.0569. The Morgan fingerprint density at radius 1 is 1.03 bits per heavy atom. The first kappa shape index (κ1) is 27.8. The molecule has 0 aliphatic heterocycles. The van der Waals surface area contributed by atoms with Crippen LogP contribution in [0.2, 0.25) is 0 Å². The summed E-state index contributed by atoms with van der Waals surface area (Å²) in [6, 6.07) is 2.02. The van der Waals surface area contributed by atoms with Crippen LogP contribution in [0.15, 0.2) is 23.3 Å². The van der Waals surface area contributed by atoms with Gasteiger partial charge in [0.2, 0.25) is 5.91 Å². The summed E-state index contributed by atoms with van der Waals surface area (Å²) >= 11 is 0. The minimum atomic E-state index is -1.52. The van der Waals surface area contributed by atoms with Gasteiger partial charge < -0.3 is 10.5 Å². The summed E-state index contributed by atoms with van der Waals surface area (Å²) in [6.07, 6.45) is 8.10. The van der Waals surface area contributed by atoms with Crippen LogP contribution >= 0.6 is 0 Å². The van der Waals surface area contributed by atoms with E-state index in [0.29, 0.717) is 12.8 Å². The summed E-state index contributed by atoms with van der Waals surface area (Å²) in [5, 5.41) is 9.88. The van der Waals surface area contributed by atoms with E-state index >= 15 is 0 Å². The number of carbonyl (C=O) groups is 4. The molecule has 2 N–H and O–H groups in total. The van der Waals surface area contributed by atoms with Crippen molar-refractivity contribution in [3.05, 3.63) is 23.3 Å². The molecule has 3 saturated carbocycles. The number of primary amides is 1. The van der Waals surface area contributed by atoms with E-state index < -0.39 is 28.4 Å². The molecule has 9 atom stereocenters. The molecule has 0 aromatic heterocycles. The highest BCUT2D eigenvalue weighted by Gasteiger charge is 2.70. The summed E-state index contributed by atoms with van der Waals surface area (Å²) in [4.78, 5) is 53.4. The molecule has 39 heavy (non-hydrogen) atoms. The van der Waals surface area contributed by atoms with E-state index in [4.69, 9.17) is 10.5 Å². The van der Waals surface area contributed by atoms with E-state index in [9.17, 15) is 24.4 Å². The normalized spacial score (nSPS) is 46.3. The Hall–Kier alpha value is -2.75. The Morgan fingerprint density at radius 2 is 1.69 bits per heavy atom. The number of carbonyl (C=O) groups excluding carboxylic acids is 4. The maximum Gasteiger partial charge on any atom is 0.308 e. The highest BCUT2D eigenvalue weighted by molar-refractivity contribution is 6.16. The standard InChI is InChI=1S/C32H42N2O5/c1-28(2)14-19-18(20(15-28)26(37)39-7)8-10-31(5)24(19)21(35)12-23-29(3)13-17(16-33)25(36)32(6,27(34)38)22(29)9-11-30(23,31)4/h12-13,18-20,22,24H,8-11,14-15H2,1-7H3,(H2,34,38)/t18?,19-,20-,22-,24+,29+,30-,31-,32+/m1/s1. The zero-order valence-corrected chi connectivity index (χ0v) is 24.3. The fourth-order valence-corrected chi connectivity index (χ4v) is 10.4. The van der Waals surface area contributed by atoms with Gasteiger partial charge in [-0.25, -0.2) is 0 Å². The lowest BCUT2D eigenvalue weighted by Gasteiger charge is -2.67. The van der Waals surface area contributed by atoms with Gasteiger partial charge >= 0.3 is 5.97 Å². The lowest BCUT2D eigenvalue weighted by Crippen LogP contribution is -2.65. The highest BCUT2D eigenvalue weighted by atomic mass is 16.5. The number of ether oxygens (including phenoxy) is 1. The number of amides is 1. The Morgan fingerprint density at radius 3 is 2.28 bits per heavy atom. The molecule has 0 aromatic carbocycles. The van der Waals surface area contributed by atoms with Crippen molar-refractivity contribution in [2.45, 2.75) is 80.1 Å². The van der Waals surface area contributed by atoms with Gasteiger partial charge in [-0.2, -0.15) is 5.26 Å². The second-order valence-corrected chi connectivity index (χ2v) is 14.7. The molecule has 210 valence electrons. The van der Waals surface area contributed by atoms with Gasteiger partial charge in [-0.05, 0) is 85.5 Å². The van der Waals surface area contributed by atoms with E-state index in [0.717, 1.165) is 31.3 Å². The second kappa shape index (κ2) is 8.38. The van der Waals surface area contributed by atoms with Crippen LogP contribution < -0.4 is 5.73 Å². The molecule has 5 aliphatic carbocycles. The Bertz CT molecular complexity index is 1290.